The average Bonchev–Trinajstić information content (AvgIpc) is 3.22. The number of carboxylic acid groups (broad SMARTS) is 1. The maximum Gasteiger partial charge on any atom is 0.407 e. The fraction of sp³-hybridized carbons (Fsp3) is 0.423. The quantitative estimate of drug-likeness (QED) is 0.257. The number of aliphatic hydroxyl groups excluding tert-OH is 3. The molecule has 2 aliphatic rings. The summed E-state index contributed by atoms with van der Waals surface area (Å²) in [5.74, 6) is -2.21. The van der Waals surface area contributed by atoms with Gasteiger partial charge in [0, 0.05) is 12.8 Å². The number of aliphatic carboxylic acids is 1. The molecule has 2 amide bonds. The van der Waals surface area contributed by atoms with Crippen molar-refractivity contribution in [1.82, 2.24) is 10.6 Å². The lowest BCUT2D eigenvalue weighted by Crippen LogP contribution is -2.65. The van der Waals surface area contributed by atoms with Gasteiger partial charge >= 0.3 is 12.1 Å². The molecule has 1 heterocycles. The first-order chi connectivity index (χ1) is 18.2. The van der Waals surface area contributed by atoms with E-state index in [2.05, 4.69) is 10.6 Å². The zero-order chi connectivity index (χ0) is 27.4. The number of rotatable bonds is 9. The van der Waals surface area contributed by atoms with Gasteiger partial charge in [-0.25, -0.2) is 9.59 Å². The highest BCUT2D eigenvalue weighted by Gasteiger charge is 2.45. The molecular formula is C26H30N2O10. The van der Waals surface area contributed by atoms with Crippen LogP contribution in [0.15, 0.2) is 48.5 Å². The lowest BCUT2D eigenvalue weighted by Gasteiger charge is -2.42. The van der Waals surface area contributed by atoms with Crippen LogP contribution in [-0.4, -0.2) is 94.9 Å². The number of benzene rings is 2. The van der Waals surface area contributed by atoms with E-state index in [1.807, 2.05) is 48.5 Å². The lowest BCUT2D eigenvalue weighted by molar-refractivity contribution is -0.271. The number of hydrogen-bond acceptors (Lipinski definition) is 9. The van der Waals surface area contributed by atoms with Crippen LogP contribution >= 0.6 is 0 Å². The van der Waals surface area contributed by atoms with Gasteiger partial charge in [-0.3, -0.25) is 4.79 Å². The highest BCUT2D eigenvalue weighted by molar-refractivity contribution is 5.81. The molecule has 0 aromatic heterocycles. The Morgan fingerprint density at radius 1 is 1.00 bits per heavy atom. The molecule has 0 saturated carbocycles. The van der Waals surface area contributed by atoms with Crippen LogP contribution in [0.2, 0.25) is 0 Å². The van der Waals surface area contributed by atoms with Crippen molar-refractivity contribution < 1.29 is 49.0 Å². The summed E-state index contributed by atoms with van der Waals surface area (Å²) in [5, 5.41) is 44.1. The Bertz CT molecular complexity index is 1130. The van der Waals surface area contributed by atoms with Gasteiger partial charge in [0.05, 0.1) is 13.2 Å². The third-order valence-electron chi connectivity index (χ3n) is 6.61. The summed E-state index contributed by atoms with van der Waals surface area (Å²) in [4.78, 5) is 35.9. The van der Waals surface area contributed by atoms with Crippen molar-refractivity contribution in [3.63, 3.8) is 0 Å². The number of aliphatic hydroxyl groups is 3. The number of ether oxygens (including phenoxy) is 3. The van der Waals surface area contributed by atoms with Crippen LogP contribution in [0.4, 0.5) is 4.79 Å². The molecule has 12 nitrogen and oxygen atoms in total. The van der Waals surface area contributed by atoms with E-state index in [-0.39, 0.29) is 12.5 Å². The number of hydrogen-bond donors (Lipinski definition) is 6. The van der Waals surface area contributed by atoms with Crippen LogP contribution in [0.1, 0.15) is 24.0 Å². The largest absolute Gasteiger partial charge is 0.480 e. The molecule has 6 atom stereocenters. The first-order valence-electron chi connectivity index (χ1n) is 12.1. The second-order valence-corrected chi connectivity index (χ2v) is 9.13. The van der Waals surface area contributed by atoms with Gasteiger partial charge in [0.25, 0.3) is 0 Å². The maximum absolute atomic E-state index is 12.5. The minimum Gasteiger partial charge on any atom is -0.480 e. The van der Waals surface area contributed by atoms with Crippen LogP contribution in [0.3, 0.4) is 0 Å². The molecule has 12 heteroatoms. The van der Waals surface area contributed by atoms with Crippen molar-refractivity contribution in [1.29, 1.82) is 0 Å². The summed E-state index contributed by atoms with van der Waals surface area (Å²) in [6, 6.07) is 12.7. The molecule has 204 valence electrons. The van der Waals surface area contributed by atoms with E-state index in [0.29, 0.717) is 0 Å². The van der Waals surface area contributed by atoms with E-state index in [9.17, 15) is 34.8 Å². The zero-order valence-corrected chi connectivity index (χ0v) is 20.5. The number of carbonyl (C=O) groups excluding carboxylic acids is 2. The van der Waals surface area contributed by atoms with E-state index in [1.54, 1.807) is 0 Å². The van der Waals surface area contributed by atoms with Crippen molar-refractivity contribution in [3.8, 4) is 11.1 Å². The van der Waals surface area contributed by atoms with Gasteiger partial charge in [0.2, 0.25) is 5.91 Å². The number of carbonyl (C=O) groups is 3. The lowest BCUT2D eigenvalue weighted by atomic mass is 9.97. The molecule has 1 fully saturated rings. The number of amides is 2. The van der Waals surface area contributed by atoms with E-state index in [1.165, 1.54) is 6.92 Å². The Morgan fingerprint density at radius 3 is 2.16 bits per heavy atom. The van der Waals surface area contributed by atoms with Crippen LogP contribution < -0.4 is 10.6 Å². The Kier molecular flexibility index (Phi) is 8.59. The minimum absolute atomic E-state index is 0.0222. The van der Waals surface area contributed by atoms with Crippen LogP contribution in [0.25, 0.3) is 11.1 Å². The van der Waals surface area contributed by atoms with Gasteiger partial charge in [0.15, 0.2) is 12.3 Å². The number of carboxylic acids is 1. The summed E-state index contributed by atoms with van der Waals surface area (Å²) in [6.45, 7) is -0.134. The SMILES string of the molecule is CC(=O)N[C@H]1[C@H](OC[C@H](NC(=O)OCC2c3ccccc3-c3ccccc32)C(=O)O)O[C@H](CO)[C@@H](O)[C@@H]1O. The predicted octanol–water partition coefficient (Wildman–Crippen LogP) is -0.0614. The molecule has 38 heavy (non-hydrogen) atoms. The zero-order valence-electron chi connectivity index (χ0n) is 20.5. The molecule has 2 aromatic rings. The molecule has 0 spiro atoms. The number of fused-ring (bicyclic) bond motifs is 3. The predicted molar refractivity (Wildman–Crippen MR) is 131 cm³/mol. The average molecular weight is 531 g/mol. The fourth-order valence-corrected chi connectivity index (χ4v) is 4.76. The minimum atomic E-state index is -1.57. The summed E-state index contributed by atoms with van der Waals surface area (Å²) in [7, 11) is 0. The Morgan fingerprint density at radius 2 is 1.61 bits per heavy atom. The first kappa shape index (κ1) is 27.5. The third-order valence-corrected chi connectivity index (χ3v) is 6.61. The van der Waals surface area contributed by atoms with Gasteiger partial charge in [-0.2, -0.15) is 0 Å². The molecule has 1 aliphatic carbocycles. The summed E-state index contributed by atoms with van der Waals surface area (Å²) < 4.78 is 16.3. The first-order valence-corrected chi connectivity index (χ1v) is 12.1. The molecule has 6 N–H and O–H groups in total. The van der Waals surface area contributed by atoms with Gasteiger partial charge < -0.3 is 45.3 Å². The Balaban J connectivity index is 1.38. The van der Waals surface area contributed by atoms with Gasteiger partial charge in [0.1, 0.15) is 31.0 Å². The molecule has 0 radical (unpaired) electrons. The molecule has 4 rings (SSSR count). The maximum atomic E-state index is 12.5. The van der Waals surface area contributed by atoms with Crippen molar-refractivity contribution in [2.45, 2.75) is 49.5 Å². The van der Waals surface area contributed by atoms with Gasteiger partial charge in [-0.05, 0) is 22.3 Å². The smallest absolute Gasteiger partial charge is 0.407 e. The van der Waals surface area contributed by atoms with E-state index in [4.69, 9.17) is 14.2 Å². The second-order valence-electron chi connectivity index (χ2n) is 9.13. The summed E-state index contributed by atoms with van der Waals surface area (Å²) in [6.07, 6.45) is -6.72. The van der Waals surface area contributed by atoms with Crippen molar-refractivity contribution in [3.05, 3.63) is 59.7 Å². The molecular weight excluding hydrogens is 500 g/mol. The second kappa shape index (κ2) is 11.9. The van der Waals surface area contributed by atoms with E-state index in [0.717, 1.165) is 22.3 Å². The van der Waals surface area contributed by atoms with Crippen molar-refractivity contribution in [2.24, 2.45) is 0 Å². The monoisotopic (exact) mass is 530 g/mol. The van der Waals surface area contributed by atoms with Crippen LogP contribution in [-0.2, 0) is 23.8 Å². The highest BCUT2D eigenvalue weighted by atomic mass is 16.7. The summed E-state index contributed by atoms with van der Waals surface area (Å²) in [5.41, 5.74) is 4.08. The molecule has 1 saturated heterocycles. The number of nitrogens with one attached hydrogen (secondary N) is 2. The Labute approximate surface area is 218 Å². The molecule has 2 aromatic carbocycles. The van der Waals surface area contributed by atoms with E-state index >= 15 is 0 Å². The molecule has 0 unspecified atom stereocenters. The Hall–Kier alpha value is -3.55. The van der Waals surface area contributed by atoms with Gasteiger partial charge in [-0.1, -0.05) is 48.5 Å². The summed E-state index contributed by atoms with van der Waals surface area (Å²) >= 11 is 0. The normalized spacial score (nSPS) is 25.1. The highest BCUT2D eigenvalue weighted by Crippen LogP contribution is 2.44. The third kappa shape index (κ3) is 5.79. The topological polar surface area (TPSA) is 184 Å². The van der Waals surface area contributed by atoms with Gasteiger partial charge in [-0.15, -0.1) is 0 Å². The standard InChI is InChI=1S/C26H30N2O10/c1-13(30)27-21-23(32)22(31)20(10-29)38-25(21)36-12-19(24(33)34)28-26(35)37-11-18-16-8-4-2-6-14(16)15-7-3-5-9-17(15)18/h2-9,18-23,25,29,31-32H,10-12H2,1H3,(H,27,30)(H,28,35)(H,33,34)/t19-,20+,21+,22+,23+,25+/m0/s1. The van der Waals surface area contributed by atoms with E-state index < -0.39 is 67.9 Å². The van der Waals surface area contributed by atoms with Crippen molar-refractivity contribution in [2.75, 3.05) is 19.8 Å². The van der Waals surface area contributed by atoms with Crippen molar-refractivity contribution >= 4 is 18.0 Å². The molecule has 0 bridgehead atoms. The van der Waals surface area contributed by atoms with Crippen LogP contribution in [0.5, 0.6) is 0 Å². The fourth-order valence-electron chi connectivity index (χ4n) is 4.76. The number of alkyl carbamates (subject to hydrolysis) is 1. The van der Waals surface area contributed by atoms with Crippen LogP contribution in [0, 0.1) is 0 Å². The molecule has 1 aliphatic heterocycles.